The van der Waals surface area contributed by atoms with Crippen LogP contribution < -0.4 is 5.43 Å². The highest BCUT2D eigenvalue weighted by molar-refractivity contribution is 5.81. The number of nitrogens with zero attached hydrogens (tertiary/aromatic N) is 2. The van der Waals surface area contributed by atoms with E-state index >= 15 is 0 Å². The molecule has 1 aliphatic heterocycles. The van der Waals surface area contributed by atoms with Crippen LogP contribution in [0.5, 0.6) is 0 Å². The third-order valence-electron chi connectivity index (χ3n) is 1.73. The molecule has 0 aromatic carbocycles. The van der Waals surface area contributed by atoms with E-state index in [2.05, 4.69) is 10.4 Å². The van der Waals surface area contributed by atoms with E-state index in [-0.39, 0.29) is 0 Å². The highest BCUT2D eigenvalue weighted by atomic mass is 15.5. The topological polar surface area (TPSA) is 27.6 Å². The molecule has 0 aliphatic carbocycles. The average Bonchev–Trinajstić information content (AvgIpc) is 2.14. The van der Waals surface area contributed by atoms with E-state index in [1.54, 1.807) is 0 Å². The van der Waals surface area contributed by atoms with Gasteiger partial charge in [-0.15, -0.1) is 0 Å². The molecule has 1 N–H and O–H groups in total. The zero-order chi connectivity index (χ0) is 8.10. The molecular formula is C8H17N3. The summed E-state index contributed by atoms with van der Waals surface area (Å²) >= 11 is 0. The van der Waals surface area contributed by atoms with Gasteiger partial charge in [-0.2, -0.15) is 0 Å². The van der Waals surface area contributed by atoms with Crippen LogP contribution in [0.4, 0.5) is 0 Å². The third-order valence-corrected chi connectivity index (χ3v) is 1.73. The van der Waals surface area contributed by atoms with Gasteiger partial charge in [0.2, 0.25) is 0 Å². The van der Waals surface area contributed by atoms with Crippen molar-refractivity contribution < 1.29 is 0 Å². The number of rotatable bonds is 1. The van der Waals surface area contributed by atoms with E-state index in [1.807, 2.05) is 19.1 Å². The van der Waals surface area contributed by atoms with Crippen molar-refractivity contribution in [1.82, 2.24) is 10.4 Å². The lowest BCUT2D eigenvalue weighted by atomic mass is 10.2. The summed E-state index contributed by atoms with van der Waals surface area (Å²) < 4.78 is 0. The summed E-state index contributed by atoms with van der Waals surface area (Å²) in [6.07, 6.45) is 4.96. The summed E-state index contributed by atoms with van der Waals surface area (Å²) in [5, 5.41) is 1.95. The van der Waals surface area contributed by atoms with Crippen LogP contribution in [0, 0.1) is 0 Å². The van der Waals surface area contributed by atoms with Crippen LogP contribution >= 0.6 is 0 Å². The lowest BCUT2D eigenvalue weighted by Crippen LogP contribution is -2.36. The van der Waals surface area contributed by atoms with Gasteiger partial charge < -0.3 is 5.43 Å². The molecule has 1 heterocycles. The molecule has 0 atom stereocenters. The first-order valence-corrected chi connectivity index (χ1v) is 4.26. The van der Waals surface area contributed by atoms with E-state index in [9.17, 15) is 0 Å². The first-order chi connectivity index (χ1) is 5.29. The zero-order valence-electron chi connectivity index (χ0n) is 7.43. The molecule has 64 valence electrons. The lowest BCUT2D eigenvalue weighted by molar-refractivity contribution is 0.358. The standard InChI is InChI=1S/C8H17N3/c1-11(2)10-8-6-4-3-5-7-9-8/h3-7H2,1-2H3,(H,9,10). The van der Waals surface area contributed by atoms with Crippen LogP contribution in [0.3, 0.4) is 0 Å². The highest BCUT2D eigenvalue weighted by Crippen LogP contribution is 2.05. The summed E-state index contributed by atoms with van der Waals surface area (Å²) in [6, 6.07) is 0. The summed E-state index contributed by atoms with van der Waals surface area (Å²) in [7, 11) is 3.99. The van der Waals surface area contributed by atoms with Gasteiger partial charge in [0.05, 0.1) is 0 Å². The van der Waals surface area contributed by atoms with Crippen molar-refractivity contribution in [2.24, 2.45) is 4.99 Å². The molecule has 0 spiro atoms. The maximum Gasteiger partial charge on any atom is 0.111 e. The average molecular weight is 155 g/mol. The minimum absolute atomic E-state index is 0.996. The van der Waals surface area contributed by atoms with E-state index in [0.29, 0.717) is 0 Å². The van der Waals surface area contributed by atoms with Gasteiger partial charge in [-0.25, -0.2) is 5.01 Å². The predicted octanol–water partition coefficient (Wildman–Crippen LogP) is 1.03. The number of nitrogens with one attached hydrogen (secondary N) is 1. The molecule has 0 aromatic heterocycles. The Morgan fingerprint density at radius 1 is 1.27 bits per heavy atom. The number of hydrazine groups is 1. The molecule has 0 unspecified atom stereocenters. The van der Waals surface area contributed by atoms with Crippen molar-refractivity contribution >= 4 is 5.84 Å². The van der Waals surface area contributed by atoms with Crippen molar-refractivity contribution in [3.63, 3.8) is 0 Å². The Labute approximate surface area is 68.5 Å². The van der Waals surface area contributed by atoms with Gasteiger partial charge in [-0.05, 0) is 12.8 Å². The summed E-state index contributed by atoms with van der Waals surface area (Å²) in [5.74, 6) is 1.15. The number of amidine groups is 1. The second-order valence-corrected chi connectivity index (χ2v) is 3.15. The third kappa shape index (κ3) is 3.37. The van der Waals surface area contributed by atoms with E-state index < -0.39 is 0 Å². The molecule has 0 aromatic rings. The van der Waals surface area contributed by atoms with Gasteiger partial charge in [-0.3, -0.25) is 4.99 Å². The second-order valence-electron chi connectivity index (χ2n) is 3.15. The van der Waals surface area contributed by atoms with Crippen molar-refractivity contribution in [3.8, 4) is 0 Å². The Bertz CT molecular complexity index is 140. The second kappa shape index (κ2) is 4.34. The van der Waals surface area contributed by atoms with Gasteiger partial charge >= 0.3 is 0 Å². The molecule has 0 saturated carbocycles. The fraction of sp³-hybridized carbons (Fsp3) is 0.875. The monoisotopic (exact) mass is 155 g/mol. The maximum atomic E-state index is 4.43. The summed E-state index contributed by atoms with van der Waals surface area (Å²) in [4.78, 5) is 4.43. The molecule has 0 saturated heterocycles. The van der Waals surface area contributed by atoms with Crippen LogP contribution in [-0.2, 0) is 0 Å². The predicted molar refractivity (Wildman–Crippen MR) is 47.6 cm³/mol. The van der Waals surface area contributed by atoms with Crippen LogP contribution in [0.1, 0.15) is 25.7 Å². The molecule has 1 aliphatic rings. The van der Waals surface area contributed by atoms with Gasteiger partial charge in [0.25, 0.3) is 0 Å². The quantitative estimate of drug-likeness (QED) is 0.573. The number of aliphatic imine (C=N–C) groups is 1. The van der Waals surface area contributed by atoms with Gasteiger partial charge in [0.1, 0.15) is 5.84 Å². The zero-order valence-corrected chi connectivity index (χ0v) is 7.43. The highest BCUT2D eigenvalue weighted by Gasteiger charge is 2.03. The molecule has 0 fully saturated rings. The van der Waals surface area contributed by atoms with Gasteiger partial charge in [0, 0.05) is 27.1 Å². The number of hydrogen-bond donors (Lipinski definition) is 1. The van der Waals surface area contributed by atoms with Gasteiger partial charge in [0.15, 0.2) is 0 Å². The first-order valence-electron chi connectivity index (χ1n) is 4.26. The van der Waals surface area contributed by atoms with Crippen LogP contribution in [0.2, 0.25) is 0 Å². The molecule has 0 bridgehead atoms. The smallest absolute Gasteiger partial charge is 0.111 e. The largest absolute Gasteiger partial charge is 0.307 e. The molecule has 3 heteroatoms. The van der Waals surface area contributed by atoms with Crippen molar-refractivity contribution in [1.29, 1.82) is 0 Å². The Kier molecular flexibility index (Phi) is 3.36. The Balaban J connectivity index is 2.34. The SMILES string of the molecule is CN(C)NC1=NCCCCC1. The number of hydrogen-bond acceptors (Lipinski definition) is 3. The van der Waals surface area contributed by atoms with Crippen LogP contribution in [0.25, 0.3) is 0 Å². The van der Waals surface area contributed by atoms with E-state index in [4.69, 9.17) is 0 Å². The Morgan fingerprint density at radius 2 is 2.09 bits per heavy atom. The van der Waals surface area contributed by atoms with Crippen LogP contribution in [0.15, 0.2) is 4.99 Å². The molecule has 11 heavy (non-hydrogen) atoms. The minimum Gasteiger partial charge on any atom is -0.307 e. The first kappa shape index (κ1) is 8.53. The normalized spacial score (nSPS) is 19.4. The van der Waals surface area contributed by atoms with Crippen molar-refractivity contribution in [3.05, 3.63) is 0 Å². The summed E-state index contributed by atoms with van der Waals surface area (Å²) in [5.41, 5.74) is 3.20. The fourth-order valence-corrected chi connectivity index (χ4v) is 1.22. The summed E-state index contributed by atoms with van der Waals surface area (Å²) in [6.45, 7) is 0.996. The maximum absolute atomic E-state index is 4.43. The van der Waals surface area contributed by atoms with E-state index in [0.717, 1.165) is 18.8 Å². The van der Waals surface area contributed by atoms with Crippen LogP contribution in [-0.4, -0.2) is 31.5 Å². The Hall–Kier alpha value is -0.570. The molecule has 1 rings (SSSR count). The lowest BCUT2D eigenvalue weighted by Gasteiger charge is -2.14. The minimum atomic E-state index is 0.996. The Morgan fingerprint density at radius 3 is 2.82 bits per heavy atom. The molecule has 0 radical (unpaired) electrons. The van der Waals surface area contributed by atoms with Gasteiger partial charge in [-0.1, -0.05) is 6.42 Å². The molecule has 3 nitrogen and oxygen atoms in total. The molecular weight excluding hydrogens is 138 g/mol. The van der Waals surface area contributed by atoms with Crippen molar-refractivity contribution in [2.75, 3.05) is 20.6 Å². The fourth-order valence-electron chi connectivity index (χ4n) is 1.22. The molecule has 0 amide bonds. The van der Waals surface area contributed by atoms with E-state index in [1.165, 1.54) is 19.3 Å². The van der Waals surface area contributed by atoms with Crippen molar-refractivity contribution in [2.45, 2.75) is 25.7 Å².